The molecule has 0 radical (unpaired) electrons. The molecular formula is C38H54N16O23P4. The highest BCUT2D eigenvalue weighted by molar-refractivity contribution is 7.66. The van der Waals surface area contributed by atoms with Gasteiger partial charge in [0.25, 0.3) is 16.7 Å². The minimum absolute atomic E-state index is 0.00442. The summed E-state index contributed by atoms with van der Waals surface area (Å²) in [5.74, 6) is -2.23. The Morgan fingerprint density at radius 1 is 0.741 bits per heavy atom. The van der Waals surface area contributed by atoms with E-state index in [9.17, 15) is 67.5 Å². The molecule has 0 spiro atoms. The van der Waals surface area contributed by atoms with Gasteiger partial charge in [0.2, 0.25) is 30.4 Å². The van der Waals surface area contributed by atoms with Gasteiger partial charge in [0.05, 0.1) is 57.4 Å². The molecule has 39 nitrogen and oxygen atoms in total. The van der Waals surface area contributed by atoms with Gasteiger partial charge in [-0.2, -0.15) is 23.2 Å². The SMILES string of the molecule is CCC(=O)N(CC)C[C@H]1[C@@H](O)[C@H](n2c[n+](C)c3c(=O)[nH]c(N)nc32)O[C@@H]1COP(=O)(O)OP(=O)(O)OP(=O)(O)OC[C@H]1O[C@@H](n2cnc3c(N)ncnc32)[C@H](OC)[C@@H]1P(=O)([O-])OCC1O[C@@H](n2cnc3c(=O)[nH]c(N)nc32)[C@H](O)[C@@H]1O. The summed E-state index contributed by atoms with van der Waals surface area (Å²) < 4.78 is 107. The lowest BCUT2D eigenvalue weighted by Crippen LogP contribution is -2.42. The van der Waals surface area contributed by atoms with Crippen molar-refractivity contribution in [3.05, 3.63) is 46.0 Å². The zero-order valence-corrected chi connectivity index (χ0v) is 46.1. The van der Waals surface area contributed by atoms with Gasteiger partial charge in [0.1, 0.15) is 50.0 Å². The van der Waals surface area contributed by atoms with Crippen molar-refractivity contribution in [2.75, 3.05) is 57.2 Å². The summed E-state index contributed by atoms with van der Waals surface area (Å²) >= 11 is 0. The Kier molecular flexibility index (Phi) is 16.9. The Bertz CT molecular complexity index is 3680. The monoisotopic (exact) mass is 1230 g/mol. The fourth-order valence-electron chi connectivity index (χ4n) is 9.67. The number of nitrogens with two attached hydrogens (primary N) is 3. The third-order valence-corrected chi connectivity index (χ3v) is 19.5. The molecule has 444 valence electrons. The summed E-state index contributed by atoms with van der Waals surface area (Å²) in [5.41, 5.74) is 13.5. The maximum absolute atomic E-state index is 14.4. The fraction of sp³-hybridized carbons (Fsp3) is 0.579. The second-order valence-electron chi connectivity index (χ2n) is 18.4. The Morgan fingerprint density at radius 2 is 1.31 bits per heavy atom. The van der Waals surface area contributed by atoms with Crippen molar-refractivity contribution in [1.29, 1.82) is 0 Å². The minimum Gasteiger partial charge on any atom is -0.778 e. The molecule has 0 aromatic carbocycles. The zero-order chi connectivity index (χ0) is 58.8. The highest BCUT2D eigenvalue weighted by atomic mass is 31.3. The number of methoxy groups -OCH3 is 1. The fourth-order valence-corrected chi connectivity index (χ4v) is 14.9. The number of hydrogen-bond acceptors (Lipinski definition) is 29. The lowest BCUT2D eigenvalue weighted by molar-refractivity contribution is -0.646. The Hall–Kier alpha value is -5.60. The number of aliphatic hydroxyl groups excluding tert-OH is 3. The van der Waals surface area contributed by atoms with E-state index in [4.69, 9.17) is 49.7 Å². The molecule has 5 unspecified atom stereocenters. The Morgan fingerprint density at radius 3 is 1.95 bits per heavy atom. The van der Waals surface area contributed by atoms with Gasteiger partial charge in [0.15, 0.2) is 35.1 Å². The molecule has 14 N–H and O–H groups in total. The van der Waals surface area contributed by atoms with Crippen LogP contribution in [-0.2, 0) is 71.2 Å². The summed E-state index contributed by atoms with van der Waals surface area (Å²) in [6.45, 7) is -0.280. The van der Waals surface area contributed by atoms with Crippen LogP contribution in [0.5, 0.6) is 0 Å². The number of carbonyl (C=O) groups excluding carboxylic acids is 1. The number of phosphoric ester groups is 2. The molecule has 81 heavy (non-hydrogen) atoms. The van der Waals surface area contributed by atoms with Gasteiger partial charge in [-0.1, -0.05) is 6.92 Å². The van der Waals surface area contributed by atoms with Gasteiger partial charge in [-0.05, 0) is 6.92 Å². The number of nitrogens with zero attached hydrogens (tertiary/aromatic N) is 11. The molecule has 9 rings (SSSR count). The predicted molar refractivity (Wildman–Crippen MR) is 266 cm³/mol. The zero-order valence-electron chi connectivity index (χ0n) is 42.5. The number of aromatic nitrogens is 12. The normalized spacial score (nSPS) is 29.0. The number of hydrogen-bond donors (Lipinski definition) is 11. The first-order valence-electron chi connectivity index (χ1n) is 24.0. The maximum Gasteiger partial charge on any atom is 0.490 e. The van der Waals surface area contributed by atoms with Crippen molar-refractivity contribution in [3.8, 4) is 0 Å². The summed E-state index contributed by atoms with van der Waals surface area (Å²) in [7, 11) is -21.2. The Balaban J connectivity index is 0.902. The number of aryl methyl sites for hydroxylation is 1. The van der Waals surface area contributed by atoms with E-state index in [0.717, 1.165) is 35.2 Å². The molecule has 3 fully saturated rings. The van der Waals surface area contributed by atoms with Crippen LogP contribution in [-0.4, -0.2) is 183 Å². The molecule has 0 bridgehead atoms. The number of rotatable bonds is 22. The summed E-state index contributed by atoms with van der Waals surface area (Å²) in [4.78, 5) is 115. The third-order valence-electron chi connectivity index (χ3n) is 13.4. The molecule has 43 heteroatoms. The van der Waals surface area contributed by atoms with Gasteiger partial charge in [0, 0.05) is 32.5 Å². The number of H-pyrrole nitrogens is 2. The molecule has 16 atom stereocenters. The average molecular weight is 1230 g/mol. The van der Waals surface area contributed by atoms with Crippen LogP contribution in [0.15, 0.2) is 34.9 Å². The third kappa shape index (κ3) is 12.0. The highest BCUT2D eigenvalue weighted by Gasteiger charge is 2.55. The van der Waals surface area contributed by atoms with Gasteiger partial charge < -0.3 is 85.0 Å². The summed E-state index contributed by atoms with van der Waals surface area (Å²) in [5, 5.41) is 33.7. The van der Waals surface area contributed by atoms with Crippen LogP contribution in [0, 0.1) is 5.92 Å². The van der Waals surface area contributed by atoms with Gasteiger partial charge in [-0.15, -0.1) is 0 Å². The quantitative estimate of drug-likeness (QED) is 0.0230. The molecule has 1 amide bonds. The number of aliphatic hydroxyl groups is 3. The van der Waals surface area contributed by atoms with Crippen molar-refractivity contribution in [2.45, 2.75) is 87.3 Å². The molecule has 9 heterocycles. The first-order chi connectivity index (χ1) is 38.1. The van der Waals surface area contributed by atoms with Crippen molar-refractivity contribution >= 4 is 88.2 Å². The number of nitrogen functional groups attached to an aromatic ring is 3. The van der Waals surface area contributed by atoms with Crippen molar-refractivity contribution in [2.24, 2.45) is 13.0 Å². The number of aromatic amines is 2. The average Bonchev–Trinajstić information content (AvgIpc) is 3.75. The number of fused-ring (bicyclic) bond motifs is 3. The molecule has 0 aliphatic carbocycles. The molecule has 6 aromatic rings. The van der Waals surface area contributed by atoms with Crippen molar-refractivity contribution in [1.82, 2.24) is 58.5 Å². The lowest BCUT2D eigenvalue weighted by Gasteiger charge is -2.35. The van der Waals surface area contributed by atoms with Crippen LogP contribution in [0.2, 0.25) is 0 Å². The van der Waals surface area contributed by atoms with E-state index >= 15 is 0 Å². The van der Waals surface area contributed by atoms with Gasteiger partial charge >= 0.3 is 29.0 Å². The topological polar surface area (TPSA) is 556 Å². The first-order valence-corrected chi connectivity index (χ1v) is 30.1. The second-order valence-corrected chi connectivity index (χ2v) is 25.0. The standard InChI is InChI=1S/C38H54N16O23P4/c1-5-19(55)51(6-2)7-15-16(73-34(23(15)56)54-14-50(3)22-31(54)47-38(41)49-33(22)60)8-71-79(63,64)76-81(67,68)77-80(65,66)72-10-18-27(26(69-4)36(75-18)52-12-44-20-28(39)42-11-43-29(20)52)78(61,62)70-9-17-24(57)25(58)35(74-17)53-13-45-21-30(53)46-37(40)48-32(21)59/h11-18,23-27,34-36,56-58H,5-10H2,1-4H3,(H11-,39,40,41,42,43,46,47,48,49,59,60,61,62,63,64,65,66,67,68)/t15-,16-,17?,18-,23-,24-,25-,26-,27-,34-,35-,36-/m1/s1. The minimum atomic E-state index is -6.26. The van der Waals surface area contributed by atoms with E-state index in [1.54, 1.807) is 13.8 Å². The first kappa shape index (κ1) is 60.0. The number of anilines is 3. The smallest absolute Gasteiger partial charge is 0.490 e. The number of carbonyl (C=O) groups is 1. The molecule has 3 aliphatic rings. The van der Waals surface area contributed by atoms with E-state index < -0.39 is 135 Å². The lowest BCUT2D eigenvalue weighted by atomic mass is 9.97. The number of imidazole rings is 3. The maximum atomic E-state index is 14.4. The predicted octanol–water partition coefficient (Wildman–Crippen LogP) is -3.76. The molecule has 3 saturated heterocycles. The van der Waals surface area contributed by atoms with E-state index in [1.165, 1.54) is 27.4 Å². The van der Waals surface area contributed by atoms with Crippen molar-refractivity contribution in [3.63, 3.8) is 0 Å². The van der Waals surface area contributed by atoms with E-state index in [1.807, 2.05) is 0 Å². The van der Waals surface area contributed by atoms with Gasteiger partial charge in [-0.25, -0.2) is 38.2 Å². The number of amides is 1. The number of phosphoric acid groups is 3. The number of nitrogens with one attached hydrogen (secondary N) is 2. The summed E-state index contributed by atoms with van der Waals surface area (Å²) in [6.07, 6.45) is -11.9. The van der Waals surface area contributed by atoms with E-state index in [0.29, 0.717) is 0 Å². The van der Waals surface area contributed by atoms with Crippen LogP contribution < -0.4 is 37.8 Å². The summed E-state index contributed by atoms with van der Waals surface area (Å²) in [6, 6.07) is 0. The largest absolute Gasteiger partial charge is 0.778 e. The van der Waals surface area contributed by atoms with Crippen LogP contribution in [0.1, 0.15) is 39.0 Å². The Labute approximate surface area is 452 Å². The van der Waals surface area contributed by atoms with E-state index in [-0.39, 0.29) is 76.6 Å². The van der Waals surface area contributed by atoms with Crippen LogP contribution in [0.25, 0.3) is 33.5 Å². The van der Waals surface area contributed by atoms with Crippen LogP contribution in [0.3, 0.4) is 0 Å². The highest BCUT2D eigenvalue weighted by Crippen LogP contribution is 2.68. The van der Waals surface area contributed by atoms with Gasteiger partial charge in [-0.3, -0.25) is 42.5 Å². The van der Waals surface area contributed by atoms with Crippen LogP contribution in [0.4, 0.5) is 17.7 Å². The van der Waals surface area contributed by atoms with Crippen molar-refractivity contribution < 1.29 is 104 Å². The number of ether oxygens (including phenoxy) is 4. The second kappa shape index (κ2) is 22.9. The molecule has 6 aromatic heterocycles. The molecule has 3 aliphatic heterocycles. The molecular weight excluding hydrogens is 1170 g/mol. The van der Waals surface area contributed by atoms with Crippen LogP contribution >= 0.6 is 31.1 Å². The molecule has 0 saturated carbocycles. The van der Waals surface area contributed by atoms with E-state index in [2.05, 4.69) is 48.5 Å².